The van der Waals surface area contributed by atoms with E-state index in [0.29, 0.717) is 5.56 Å². The fraction of sp³-hybridized carbons (Fsp3) is 0.167. The molecule has 0 aliphatic carbocycles. The van der Waals surface area contributed by atoms with E-state index < -0.39 is 10.1 Å². The van der Waals surface area contributed by atoms with Crippen LogP contribution in [0.4, 0.5) is 5.69 Å². The molecule has 7 heteroatoms. The Morgan fingerprint density at radius 2 is 1.84 bits per heavy atom. The zero-order chi connectivity index (χ0) is 14.4. The number of hydrogen-bond donors (Lipinski definition) is 3. The molecule has 0 spiro atoms. The van der Waals surface area contributed by atoms with Crippen molar-refractivity contribution in [2.24, 2.45) is 5.11 Å². The highest BCUT2D eigenvalue weighted by molar-refractivity contribution is 7.86. The molecule has 0 fully saturated rings. The molecule has 0 saturated heterocycles. The third-order valence-corrected chi connectivity index (χ3v) is 3.78. The number of rotatable bonds is 2. The molecule has 0 unspecified atom stereocenters. The normalized spacial score (nSPS) is 11.7. The van der Waals surface area contributed by atoms with E-state index in [1.54, 1.807) is 26.0 Å². The van der Waals surface area contributed by atoms with E-state index in [2.05, 4.69) is 5.11 Å². The molecular formula is C12H12N2O4S. The predicted octanol–water partition coefficient (Wildman–Crippen LogP) is 3.07. The summed E-state index contributed by atoms with van der Waals surface area (Å²) in [5.74, 6) is -0.269. The molecule has 0 heterocycles. The van der Waals surface area contributed by atoms with Gasteiger partial charge in [-0.25, -0.2) is 5.53 Å². The Morgan fingerprint density at radius 1 is 1.21 bits per heavy atom. The van der Waals surface area contributed by atoms with E-state index in [9.17, 15) is 18.1 Å². The molecule has 2 aromatic rings. The Kier molecular flexibility index (Phi) is 3.03. The summed E-state index contributed by atoms with van der Waals surface area (Å²) in [6, 6.07) is 4.31. The minimum absolute atomic E-state index is 0.202. The van der Waals surface area contributed by atoms with Crippen LogP contribution >= 0.6 is 0 Å². The van der Waals surface area contributed by atoms with Gasteiger partial charge in [0.25, 0.3) is 10.1 Å². The molecule has 6 nitrogen and oxygen atoms in total. The van der Waals surface area contributed by atoms with Gasteiger partial charge in [0.05, 0.1) is 0 Å². The fourth-order valence-corrected chi connectivity index (χ4v) is 2.87. The molecule has 100 valence electrons. The van der Waals surface area contributed by atoms with Crippen LogP contribution in [0.2, 0.25) is 0 Å². The SMILES string of the molecule is Cc1cc(C)c2c(O)c(N=N)cc(S(=O)(=O)O)c2c1. The number of hydrogen-bond acceptors (Lipinski definition) is 5. The lowest BCUT2D eigenvalue weighted by atomic mass is 10.0. The lowest BCUT2D eigenvalue weighted by molar-refractivity contribution is 0.479. The van der Waals surface area contributed by atoms with Crippen LogP contribution in [-0.4, -0.2) is 18.1 Å². The van der Waals surface area contributed by atoms with Crippen LogP contribution in [0.15, 0.2) is 28.2 Å². The first-order chi connectivity index (χ1) is 8.75. The molecule has 3 N–H and O–H groups in total. The Hall–Kier alpha value is -1.99. The molecule has 0 aliphatic rings. The van der Waals surface area contributed by atoms with Crippen molar-refractivity contribution in [1.82, 2.24) is 0 Å². The highest BCUT2D eigenvalue weighted by Gasteiger charge is 2.20. The van der Waals surface area contributed by atoms with Gasteiger partial charge in [0.2, 0.25) is 0 Å². The van der Waals surface area contributed by atoms with Gasteiger partial charge < -0.3 is 5.11 Å². The summed E-state index contributed by atoms with van der Waals surface area (Å²) in [5.41, 5.74) is 8.20. The second-order valence-electron chi connectivity index (χ2n) is 4.33. The Labute approximate surface area is 110 Å². The Bertz CT molecular complexity index is 797. The second kappa shape index (κ2) is 4.29. The molecule has 0 atom stereocenters. The van der Waals surface area contributed by atoms with E-state index in [1.165, 1.54) is 0 Å². The van der Waals surface area contributed by atoms with E-state index in [0.717, 1.165) is 11.6 Å². The number of aryl methyl sites for hydroxylation is 2. The number of nitrogens with zero attached hydrogens (tertiary/aromatic N) is 1. The van der Waals surface area contributed by atoms with Gasteiger partial charge in [-0.3, -0.25) is 4.55 Å². The Morgan fingerprint density at radius 3 is 2.37 bits per heavy atom. The largest absolute Gasteiger partial charge is 0.505 e. The fourth-order valence-electron chi connectivity index (χ4n) is 2.17. The number of phenolic OH excluding ortho intramolecular Hbond substituents is 1. The summed E-state index contributed by atoms with van der Waals surface area (Å²) in [6.45, 7) is 3.48. The molecule has 0 saturated carbocycles. The number of fused-ring (bicyclic) bond motifs is 1. The van der Waals surface area contributed by atoms with Crippen molar-refractivity contribution in [3.63, 3.8) is 0 Å². The summed E-state index contributed by atoms with van der Waals surface area (Å²) in [6.07, 6.45) is 0. The van der Waals surface area contributed by atoms with Crippen LogP contribution in [-0.2, 0) is 10.1 Å². The van der Waals surface area contributed by atoms with Crippen molar-refractivity contribution in [2.75, 3.05) is 0 Å². The van der Waals surface area contributed by atoms with Gasteiger partial charge in [-0.2, -0.15) is 13.5 Å². The predicted molar refractivity (Wildman–Crippen MR) is 69.7 cm³/mol. The maximum atomic E-state index is 11.4. The van der Waals surface area contributed by atoms with Gasteiger partial charge in [0, 0.05) is 10.8 Å². The van der Waals surface area contributed by atoms with Crippen LogP contribution in [0.3, 0.4) is 0 Å². The van der Waals surface area contributed by atoms with Gasteiger partial charge in [-0.1, -0.05) is 11.6 Å². The highest BCUT2D eigenvalue weighted by atomic mass is 32.2. The van der Waals surface area contributed by atoms with Crippen molar-refractivity contribution in [2.45, 2.75) is 18.7 Å². The van der Waals surface area contributed by atoms with E-state index >= 15 is 0 Å². The summed E-state index contributed by atoms with van der Waals surface area (Å²) < 4.78 is 32.1. The first-order valence-electron chi connectivity index (χ1n) is 5.37. The number of nitrogens with one attached hydrogen (secondary N) is 1. The molecule has 2 rings (SSSR count). The van der Waals surface area contributed by atoms with E-state index in [-0.39, 0.29) is 27.1 Å². The summed E-state index contributed by atoms with van der Waals surface area (Å²) >= 11 is 0. The van der Waals surface area contributed by atoms with E-state index in [1.807, 2.05) is 0 Å². The monoisotopic (exact) mass is 280 g/mol. The molecular weight excluding hydrogens is 268 g/mol. The van der Waals surface area contributed by atoms with Crippen molar-refractivity contribution < 1.29 is 18.1 Å². The topological polar surface area (TPSA) is 111 Å². The summed E-state index contributed by atoms with van der Waals surface area (Å²) in [4.78, 5) is -0.363. The maximum Gasteiger partial charge on any atom is 0.295 e. The first-order valence-corrected chi connectivity index (χ1v) is 6.81. The molecule has 0 bridgehead atoms. The molecule has 0 aliphatic heterocycles. The molecule has 0 radical (unpaired) electrons. The lowest BCUT2D eigenvalue weighted by Crippen LogP contribution is -2.00. The average Bonchev–Trinajstić information content (AvgIpc) is 2.26. The quantitative estimate of drug-likeness (QED) is 0.579. The van der Waals surface area contributed by atoms with Crippen LogP contribution in [0.5, 0.6) is 5.75 Å². The van der Waals surface area contributed by atoms with Crippen LogP contribution < -0.4 is 0 Å². The van der Waals surface area contributed by atoms with Crippen molar-refractivity contribution in [3.05, 3.63) is 29.3 Å². The minimum Gasteiger partial charge on any atom is -0.505 e. The van der Waals surface area contributed by atoms with Gasteiger partial charge in [0.1, 0.15) is 10.6 Å². The lowest BCUT2D eigenvalue weighted by Gasteiger charge is -2.11. The van der Waals surface area contributed by atoms with Gasteiger partial charge >= 0.3 is 0 Å². The average molecular weight is 280 g/mol. The molecule has 2 aromatic carbocycles. The van der Waals surface area contributed by atoms with E-state index in [4.69, 9.17) is 5.53 Å². The molecule has 19 heavy (non-hydrogen) atoms. The molecule has 0 aromatic heterocycles. The van der Waals surface area contributed by atoms with Gasteiger partial charge in [0.15, 0.2) is 5.75 Å². The van der Waals surface area contributed by atoms with Crippen LogP contribution in [0.25, 0.3) is 10.8 Å². The minimum atomic E-state index is -4.47. The number of benzene rings is 2. The zero-order valence-electron chi connectivity index (χ0n) is 10.3. The summed E-state index contributed by atoms with van der Waals surface area (Å²) in [5, 5.41) is 13.6. The third-order valence-electron chi connectivity index (χ3n) is 2.89. The standard InChI is InChI=1S/C12H12N2O4S/c1-6-3-7(2)11-8(4-6)10(19(16,17)18)5-9(14-13)12(11)15/h3-5,13,15H,1-2H3,(H,16,17,18). The van der Waals surface area contributed by atoms with Crippen molar-refractivity contribution >= 4 is 26.6 Å². The Balaban J connectivity index is 3.14. The van der Waals surface area contributed by atoms with Crippen LogP contribution in [0, 0.1) is 19.4 Å². The van der Waals surface area contributed by atoms with Crippen LogP contribution in [0.1, 0.15) is 11.1 Å². The number of aromatic hydroxyl groups is 1. The van der Waals surface area contributed by atoms with Gasteiger partial charge in [-0.15, -0.1) is 0 Å². The number of phenols is 1. The third kappa shape index (κ3) is 2.18. The van der Waals surface area contributed by atoms with Gasteiger partial charge in [-0.05, 0) is 31.5 Å². The summed E-state index contributed by atoms with van der Waals surface area (Å²) in [7, 11) is -4.47. The van der Waals surface area contributed by atoms with Crippen molar-refractivity contribution in [1.29, 1.82) is 5.53 Å². The zero-order valence-corrected chi connectivity index (χ0v) is 11.1. The second-order valence-corrected chi connectivity index (χ2v) is 5.72. The first kappa shape index (κ1) is 13.4. The smallest absolute Gasteiger partial charge is 0.295 e. The maximum absolute atomic E-state index is 11.4. The van der Waals surface area contributed by atoms with Crippen molar-refractivity contribution in [3.8, 4) is 5.75 Å². The highest BCUT2D eigenvalue weighted by Crippen LogP contribution is 2.40. The molecule has 0 amide bonds.